The Hall–Kier alpha value is -2.43. The van der Waals surface area contributed by atoms with Gasteiger partial charge in [0.25, 0.3) is 5.69 Å². The number of hydrogen-bond donors (Lipinski definition) is 0. The molecule has 6 nitrogen and oxygen atoms in total. The topological polar surface area (TPSA) is 79.4 Å². The number of anilines is 1. The van der Waals surface area contributed by atoms with Crippen LogP contribution in [0.1, 0.15) is 17.2 Å². The van der Waals surface area contributed by atoms with Gasteiger partial charge in [-0.15, -0.1) is 0 Å². The molecule has 0 aliphatic carbocycles. The van der Waals surface area contributed by atoms with Gasteiger partial charge in [-0.25, -0.2) is 0 Å². The number of halogens is 1. The van der Waals surface area contributed by atoms with Gasteiger partial charge in [0.15, 0.2) is 0 Å². The molecule has 1 aliphatic rings. The Balaban J connectivity index is 1.88. The molecule has 0 N–H and O–H groups in total. The third-order valence-electron chi connectivity index (χ3n) is 3.95. The minimum Gasteiger partial charge on any atom is -0.370 e. The Bertz CT molecular complexity index is 802. The van der Waals surface area contributed by atoms with Gasteiger partial charge in [-0.05, 0) is 29.8 Å². The molecule has 0 bridgehead atoms. The molecule has 0 radical (unpaired) electrons. The van der Waals surface area contributed by atoms with Crippen LogP contribution in [0.2, 0.25) is 0 Å². The molecule has 1 heterocycles. The predicted octanol–water partition coefficient (Wildman–Crippen LogP) is 3.81. The van der Waals surface area contributed by atoms with E-state index >= 15 is 0 Å². The predicted molar refractivity (Wildman–Crippen MR) is 92.9 cm³/mol. The zero-order chi connectivity index (χ0) is 17.1. The molecule has 1 saturated heterocycles. The van der Waals surface area contributed by atoms with E-state index in [1.807, 2.05) is 35.2 Å². The maximum Gasteiger partial charge on any atom is 0.293 e. The third kappa shape index (κ3) is 3.40. The smallest absolute Gasteiger partial charge is 0.293 e. The van der Waals surface area contributed by atoms with Gasteiger partial charge in [-0.1, -0.05) is 28.1 Å². The van der Waals surface area contributed by atoms with Crippen LogP contribution in [0.4, 0.5) is 11.4 Å². The summed E-state index contributed by atoms with van der Waals surface area (Å²) in [6, 6.07) is 14.3. The zero-order valence-corrected chi connectivity index (χ0v) is 14.3. The van der Waals surface area contributed by atoms with Crippen molar-refractivity contribution in [3.63, 3.8) is 0 Å². The monoisotopic (exact) mass is 387 g/mol. The molecule has 0 amide bonds. The van der Waals surface area contributed by atoms with Crippen molar-refractivity contribution in [2.24, 2.45) is 0 Å². The summed E-state index contributed by atoms with van der Waals surface area (Å²) in [5, 5.41) is 20.3. The second-order valence-electron chi connectivity index (χ2n) is 5.43. The maximum absolute atomic E-state index is 11.4. The molecule has 2 aromatic carbocycles. The van der Waals surface area contributed by atoms with Crippen LogP contribution in [0.25, 0.3) is 0 Å². The summed E-state index contributed by atoms with van der Waals surface area (Å²) in [5.41, 5.74) is 1.78. The van der Waals surface area contributed by atoms with Crippen LogP contribution in [0.3, 0.4) is 0 Å². The molecule has 122 valence electrons. The number of nitro groups is 1. The molecule has 7 heteroatoms. The molecular weight excluding hydrogens is 374 g/mol. The van der Waals surface area contributed by atoms with E-state index in [0.29, 0.717) is 25.4 Å². The van der Waals surface area contributed by atoms with Crippen molar-refractivity contribution in [1.82, 2.24) is 0 Å². The summed E-state index contributed by atoms with van der Waals surface area (Å²) in [5.74, 6) is 0. The Morgan fingerprint density at radius 1 is 1.29 bits per heavy atom. The zero-order valence-electron chi connectivity index (χ0n) is 12.7. The van der Waals surface area contributed by atoms with Crippen LogP contribution in [0, 0.1) is 21.4 Å². The summed E-state index contributed by atoms with van der Waals surface area (Å²) in [6.45, 7) is 1.58. The first-order valence-electron chi connectivity index (χ1n) is 7.39. The molecule has 0 aromatic heterocycles. The molecule has 0 spiro atoms. The summed E-state index contributed by atoms with van der Waals surface area (Å²) >= 11 is 3.40. The van der Waals surface area contributed by atoms with E-state index < -0.39 is 4.92 Å². The highest BCUT2D eigenvalue weighted by Crippen LogP contribution is 2.33. The standard InChI is InChI=1S/C17H14BrN3O3/c18-14-4-2-13(3-5-14)17-11-20(7-8-24-17)15-6-1-12(10-19)9-16(15)21(22)23/h1-6,9,17H,7-8,11H2. The van der Waals surface area contributed by atoms with Crippen molar-refractivity contribution in [3.8, 4) is 6.07 Å². The van der Waals surface area contributed by atoms with Gasteiger partial charge in [0.2, 0.25) is 0 Å². The lowest BCUT2D eigenvalue weighted by Crippen LogP contribution is -2.38. The molecule has 1 aliphatic heterocycles. The third-order valence-corrected chi connectivity index (χ3v) is 4.48. The molecular formula is C17H14BrN3O3. The van der Waals surface area contributed by atoms with Crippen molar-refractivity contribution >= 4 is 27.3 Å². The first-order valence-corrected chi connectivity index (χ1v) is 8.18. The number of morpholine rings is 1. The Labute approximate surface area is 147 Å². The highest BCUT2D eigenvalue weighted by Gasteiger charge is 2.27. The first kappa shape index (κ1) is 16.4. The molecule has 1 fully saturated rings. The molecule has 24 heavy (non-hydrogen) atoms. The van der Waals surface area contributed by atoms with E-state index in [1.54, 1.807) is 12.1 Å². The minimum atomic E-state index is -0.444. The maximum atomic E-state index is 11.4. The van der Waals surface area contributed by atoms with Gasteiger partial charge in [0.1, 0.15) is 11.8 Å². The molecule has 0 saturated carbocycles. The number of nitrogens with zero attached hydrogens (tertiary/aromatic N) is 3. The van der Waals surface area contributed by atoms with Crippen molar-refractivity contribution in [2.75, 3.05) is 24.6 Å². The quantitative estimate of drug-likeness (QED) is 0.590. The summed E-state index contributed by atoms with van der Waals surface area (Å²) in [6.07, 6.45) is -0.151. The second-order valence-corrected chi connectivity index (χ2v) is 6.35. The molecule has 1 atom stereocenters. The van der Waals surface area contributed by atoms with Crippen LogP contribution < -0.4 is 4.90 Å². The van der Waals surface area contributed by atoms with E-state index in [2.05, 4.69) is 15.9 Å². The van der Waals surface area contributed by atoms with Crippen LogP contribution in [-0.2, 0) is 4.74 Å². The number of hydrogen-bond acceptors (Lipinski definition) is 5. The van der Waals surface area contributed by atoms with Gasteiger partial charge < -0.3 is 9.64 Å². The Morgan fingerprint density at radius 2 is 2.04 bits per heavy atom. The SMILES string of the molecule is N#Cc1ccc(N2CCOC(c3ccc(Br)cc3)C2)c([N+](=O)[O-])c1. The Morgan fingerprint density at radius 3 is 2.71 bits per heavy atom. The van der Waals surface area contributed by atoms with E-state index in [4.69, 9.17) is 10.00 Å². The van der Waals surface area contributed by atoms with Gasteiger partial charge in [-0.3, -0.25) is 10.1 Å². The number of benzene rings is 2. The van der Waals surface area contributed by atoms with Gasteiger partial charge >= 0.3 is 0 Å². The fraction of sp³-hybridized carbons (Fsp3) is 0.235. The minimum absolute atomic E-state index is 0.0505. The van der Waals surface area contributed by atoms with Crippen LogP contribution in [0.5, 0.6) is 0 Å². The van der Waals surface area contributed by atoms with Crippen molar-refractivity contribution < 1.29 is 9.66 Å². The van der Waals surface area contributed by atoms with E-state index in [1.165, 1.54) is 6.07 Å². The first-order chi connectivity index (χ1) is 11.6. The summed E-state index contributed by atoms with van der Waals surface area (Å²) in [7, 11) is 0. The van der Waals surface area contributed by atoms with Crippen molar-refractivity contribution in [1.29, 1.82) is 5.26 Å². The Kier molecular flexibility index (Phi) is 4.79. The number of rotatable bonds is 3. The summed E-state index contributed by atoms with van der Waals surface area (Å²) in [4.78, 5) is 12.9. The molecule has 1 unspecified atom stereocenters. The summed E-state index contributed by atoms with van der Waals surface area (Å²) < 4.78 is 6.81. The van der Waals surface area contributed by atoms with E-state index in [-0.39, 0.29) is 17.4 Å². The van der Waals surface area contributed by atoms with Gasteiger partial charge in [0.05, 0.1) is 23.2 Å². The highest BCUT2D eigenvalue weighted by molar-refractivity contribution is 9.10. The second kappa shape index (κ2) is 6.99. The van der Waals surface area contributed by atoms with Crippen LogP contribution in [-0.4, -0.2) is 24.6 Å². The molecule has 2 aromatic rings. The lowest BCUT2D eigenvalue weighted by molar-refractivity contribution is -0.384. The fourth-order valence-corrected chi connectivity index (χ4v) is 3.02. The number of nitriles is 1. The van der Waals surface area contributed by atoms with E-state index in [9.17, 15) is 10.1 Å². The van der Waals surface area contributed by atoms with Crippen LogP contribution in [0.15, 0.2) is 46.9 Å². The number of nitro benzene ring substituents is 1. The lowest BCUT2D eigenvalue weighted by Gasteiger charge is -2.34. The number of ether oxygens (including phenoxy) is 1. The average molecular weight is 388 g/mol. The van der Waals surface area contributed by atoms with Crippen molar-refractivity contribution in [3.05, 3.63) is 68.2 Å². The van der Waals surface area contributed by atoms with Crippen LogP contribution >= 0.6 is 15.9 Å². The highest BCUT2D eigenvalue weighted by atomic mass is 79.9. The molecule has 3 rings (SSSR count). The normalized spacial score (nSPS) is 17.3. The fourth-order valence-electron chi connectivity index (χ4n) is 2.75. The largest absolute Gasteiger partial charge is 0.370 e. The lowest BCUT2D eigenvalue weighted by atomic mass is 10.1. The van der Waals surface area contributed by atoms with Crippen molar-refractivity contribution in [2.45, 2.75) is 6.10 Å². The van der Waals surface area contributed by atoms with Gasteiger partial charge in [0, 0.05) is 23.6 Å². The van der Waals surface area contributed by atoms with Gasteiger partial charge in [-0.2, -0.15) is 5.26 Å². The van der Waals surface area contributed by atoms with E-state index in [0.717, 1.165) is 10.0 Å². The average Bonchev–Trinajstić information content (AvgIpc) is 2.62.